The van der Waals surface area contributed by atoms with E-state index in [1.807, 2.05) is 48.3 Å². The molecular formula is C27H31NO3S. The summed E-state index contributed by atoms with van der Waals surface area (Å²) >= 11 is -1.12. The van der Waals surface area contributed by atoms with Crippen LogP contribution in [-0.2, 0) is 23.0 Å². The van der Waals surface area contributed by atoms with Crippen molar-refractivity contribution in [2.45, 2.75) is 43.4 Å². The minimum atomic E-state index is -1.12. The maximum Gasteiger partial charge on any atom is 0.197 e. The van der Waals surface area contributed by atoms with Gasteiger partial charge in [-0.05, 0) is 59.1 Å². The van der Waals surface area contributed by atoms with Crippen LogP contribution in [0.1, 0.15) is 44.1 Å². The third-order valence-electron chi connectivity index (χ3n) is 5.80. The summed E-state index contributed by atoms with van der Waals surface area (Å²) in [5.41, 5.74) is 4.40. The first kappa shape index (κ1) is 22.8. The molecule has 3 aromatic rings. The van der Waals surface area contributed by atoms with Crippen molar-refractivity contribution in [3.05, 3.63) is 76.7 Å². The Morgan fingerprint density at radius 2 is 1.75 bits per heavy atom. The fourth-order valence-electron chi connectivity index (χ4n) is 3.93. The number of aryl methyl sites for hydroxylation is 1. The van der Waals surface area contributed by atoms with Crippen molar-refractivity contribution in [2.24, 2.45) is 7.05 Å². The van der Waals surface area contributed by atoms with Crippen LogP contribution < -0.4 is 5.43 Å². The molecule has 4 rings (SSSR count). The molecule has 5 heteroatoms. The van der Waals surface area contributed by atoms with Gasteiger partial charge in [-0.1, -0.05) is 43.3 Å². The number of nitrogens with zero attached hydrogens (tertiary/aromatic N) is 1. The van der Waals surface area contributed by atoms with Crippen molar-refractivity contribution in [1.29, 1.82) is 0 Å². The Hall–Kier alpha value is -2.34. The van der Waals surface area contributed by atoms with E-state index in [2.05, 4.69) is 31.2 Å². The van der Waals surface area contributed by atoms with Gasteiger partial charge in [-0.2, -0.15) is 0 Å². The molecule has 4 nitrogen and oxygen atoms in total. The smallest absolute Gasteiger partial charge is 0.197 e. The molecule has 1 aromatic heterocycles. The monoisotopic (exact) mass is 449 g/mol. The lowest BCUT2D eigenvalue weighted by molar-refractivity contribution is 0.136. The Bertz CT molecular complexity index is 1100. The average Bonchev–Trinajstić information content (AvgIpc) is 3.66. The molecule has 2 aromatic carbocycles. The fourth-order valence-corrected chi connectivity index (χ4v) is 5.04. The fraction of sp³-hybridized carbons (Fsp3) is 0.370. The zero-order chi connectivity index (χ0) is 22.5. The van der Waals surface area contributed by atoms with Gasteiger partial charge < -0.3 is 13.9 Å². The molecule has 0 bridgehead atoms. The Morgan fingerprint density at radius 3 is 2.44 bits per heavy atom. The molecule has 1 unspecified atom stereocenters. The van der Waals surface area contributed by atoms with Crippen molar-refractivity contribution in [2.75, 3.05) is 19.0 Å². The number of aromatic nitrogens is 1. The first-order valence-electron chi connectivity index (χ1n) is 11.4. The van der Waals surface area contributed by atoms with Crippen LogP contribution in [0, 0.1) is 0 Å². The van der Waals surface area contributed by atoms with Gasteiger partial charge >= 0.3 is 0 Å². The summed E-state index contributed by atoms with van der Waals surface area (Å²) in [5.74, 6) is 1.25. The van der Waals surface area contributed by atoms with Gasteiger partial charge in [-0.25, -0.2) is 0 Å². The van der Waals surface area contributed by atoms with E-state index in [1.165, 1.54) is 18.4 Å². The van der Waals surface area contributed by atoms with Crippen molar-refractivity contribution in [1.82, 2.24) is 4.57 Å². The lowest BCUT2D eigenvalue weighted by atomic mass is 9.99. The first-order chi connectivity index (χ1) is 15.6. The predicted molar refractivity (Wildman–Crippen MR) is 132 cm³/mol. The van der Waals surface area contributed by atoms with Crippen LogP contribution in [0.5, 0.6) is 0 Å². The molecule has 168 valence electrons. The van der Waals surface area contributed by atoms with Crippen LogP contribution in [0.2, 0.25) is 0 Å². The van der Waals surface area contributed by atoms with Crippen molar-refractivity contribution >= 4 is 11.2 Å². The highest BCUT2D eigenvalue weighted by molar-refractivity contribution is 7.91. The van der Waals surface area contributed by atoms with E-state index in [1.54, 1.807) is 0 Å². The van der Waals surface area contributed by atoms with Gasteiger partial charge in [0.1, 0.15) is 5.75 Å². The summed E-state index contributed by atoms with van der Waals surface area (Å²) in [6.07, 6.45) is 8.01. The highest BCUT2D eigenvalue weighted by atomic mass is 32.2. The second kappa shape index (κ2) is 10.5. The quantitative estimate of drug-likeness (QED) is 0.302. The minimum absolute atomic E-state index is 0.00169. The normalized spacial score (nSPS) is 14.5. The largest absolute Gasteiger partial charge is 0.611 e. The molecule has 0 spiro atoms. The molecule has 1 fully saturated rings. The van der Waals surface area contributed by atoms with Crippen LogP contribution in [0.4, 0.5) is 0 Å². The summed E-state index contributed by atoms with van der Waals surface area (Å²) in [6.45, 7) is 3.44. The predicted octanol–water partition coefficient (Wildman–Crippen LogP) is 5.52. The van der Waals surface area contributed by atoms with Crippen molar-refractivity contribution < 1.29 is 9.29 Å². The van der Waals surface area contributed by atoms with E-state index in [0.717, 1.165) is 35.5 Å². The van der Waals surface area contributed by atoms with E-state index < -0.39 is 11.2 Å². The highest BCUT2D eigenvalue weighted by Crippen LogP contribution is 2.40. The SMILES string of the molecule is CCCOCCC[S+]([O-])c1cccc(-c2cn(C)cc(-c3ccc(C4CC4)cc3)c2=O)c1. The third kappa shape index (κ3) is 5.52. The molecular weight excluding hydrogens is 418 g/mol. The van der Waals surface area contributed by atoms with E-state index in [0.29, 0.717) is 29.4 Å². The maximum atomic E-state index is 13.4. The zero-order valence-corrected chi connectivity index (χ0v) is 19.7. The summed E-state index contributed by atoms with van der Waals surface area (Å²) in [6, 6.07) is 16.0. The Labute approximate surface area is 193 Å². The van der Waals surface area contributed by atoms with Crippen LogP contribution in [-0.4, -0.2) is 28.1 Å². The van der Waals surface area contributed by atoms with Crippen LogP contribution >= 0.6 is 0 Å². The maximum absolute atomic E-state index is 13.4. The van der Waals surface area contributed by atoms with E-state index >= 15 is 0 Å². The van der Waals surface area contributed by atoms with Crippen molar-refractivity contribution in [3.63, 3.8) is 0 Å². The van der Waals surface area contributed by atoms with Crippen molar-refractivity contribution in [3.8, 4) is 22.3 Å². The Kier molecular flexibility index (Phi) is 7.51. The molecule has 0 amide bonds. The van der Waals surface area contributed by atoms with Gasteiger partial charge in [-0.3, -0.25) is 4.79 Å². The minimum Gasteiger partial charge on any atom is -0.611 e. The molecule has 32 heavy (non-hydrogen) atoms. The molecule has 0 radical (unpaired) electrons. The Balaban J connectivity index is 1.57. The molecule has 0 aliphatic heterocycles. The lowest BCUT2D eigenvalue weighted by Crippen LogP contribution is -2.13. The number of benzene rings is 2. The standard InChI is InChI=1S/C27H31NO3S/c1-3-14-31-15-5-16-32(30)24-7-4-6-23(17-24)26-19-28(2)18-25(27(26)29)22-12-10-21(11-13-22)20-8-9-20/h4,6-7,10-13,17-20H,3,5,8-9,14-16H2,1-2H3. The molecule has 1 aliphatic rings. The molecule has 1 saturated carbocycles. The van der Waals surface area contributed by atoms with Gasteiger partial charge in [-0.15, -0.1) is 0 Å². The molecule has 0 N–H and O–H groups in total. The number of rotatable bonds is 10. The molecule has 1 heterocycles. The number of hydrogen-bond acceptors (Lipinski definition) is 3. The summed E-state index contributed by atoms with van der Waals surface area (Å²) < 4.78 is 20.2. The van der Waals surface area contributed by atoms with Gasteiger partial charge in [0.2, 0.25) is 0 Å². The summed E-state index contributed by atoms with van der Waals surface area (Å²) in [5, 5.41) is 0. The van der Waals surface area contributed by atoms with E-state index in [9.17, 15) is 9.35 Å². The van der Waals surface area contributed by atoms with Gasteiger partial charge in [0, 0.05) is 49.7 Å². The van der Waals surface area contributed by atoms with E-state index in [-0.39, 0.29) is 5.43 Å². The molecule has 0 saturated heterocycles. The second-order valence-electron chi connectivity index (χ2n) is 8.52. The van der Waals surface area contributed by atoms with Crippen LogP contribution in [0.25, 0.3) is 22.3 Å². The van der Waals surface area contributed by atoms with Gasteiger partial charge in [0.05, 0.1) is 6.61 Å². The zero-order valence-electron chi connectivity index (χ0n) is 18.9. The topological polar surface area (TPSA) is 54.3 Å². The summed E-state index contributed by atoms with van der Waals surface area (Å²) in [7, 11) is 1.93. The van der Waals surface area contributed by atoms with E-state index in [4.69, 9.17) is 4.74 Å². The lowest BCUT2D eigenvalue weighted by Gasteiger charge is -2.13. The average molecular weight is 450 g/mol. The second-order valence-corrected chi connectivity index (χ2v) is 10.1. The van der Waals surface area contributed by atoms with Crippen LogP contribution in [0.15, 0.2) is 70.6 Å². The number of hydrogen-bond donors (Lipinski definition) is 0. The number of ether oxygens (including phenoxy) is 1. The third-order valence-corrected chi connectivity index (χ3v) is 7.24. The molecule has 1 aliphatic carbocycles. The number of pyridine rings is 1. The summed E-state index contributed by atoms with van der Waals surface area (Å²) in [4.78, 5) is 14.2. The Morgan fingerprint density at radius 1 is 1.03 bits per heavy atom. The highest BCUT2D eigenvalue weighted by Gasteiger charge is 2.23. The first-order valence-corrected chi connectivity index (χ1v) is 12.8. The van der Waals surface area contributed by atoms with Gasteiger partial charge in [0.15, 0.2) is 10.3 Å². The molecule has 1 atom stereocenters. The van der Waals surface area contributed by atoms with Crippen LogP contribution in [0.3, 0.4) is 0 Å². The van der Waals surface area contributed by atoms with Gasteiger partial charge in [0.25, 0.3) is 0 Å².